The van der Waals surface area contributed by atoms with Crippen molar-refractivity contribution in [1.82, 2.24) is 0 Å². The van der Waals surface area contributed by atoms with Crippen LogP contribution in [0.4, 0.5) is 11.4 Å². The monoisotopic (exact) mass is 359 g/mol. The van der Waals surface area contributed by atoms with E-state index in [9.17, 15) is 14.4 Å². The molecule has 4 N–H and O–H groups in total. The maximum atomic E-state index is 12.7. The van der Waals surface area contributed by atoms with Gasteiger partial charge in [-0.15, -0.1) is 0 Å². The molecule has 3 rings (SSSR count). The van der Waals surface area contributed by atoms with Gasteiger partial charge in [0.2, 0.25) is 11.8 Å². The van der Waals surface area contributed by atoms with Gasteiger partial charge in [-0.05, 0) is 56.7 Å². The molecule has 2 aliphatic rings. The fraction of sp³-hybridized carbons (Fsp3) is 0.526. The van der Waals surface area contributed by atoms with E-state index in [0.29, 0.717) is 30.5 Å². The van der Waals surface area contributed by atoms with E-state index in [1.807, 2.05) is 6.07 Å². The molecule has 2 amide bonds. The highest BCUT2D eigenvalue weighted by atomic mass is 16.4. The highest BCUT2D eigenvalue weighted by molar-refractivity contribution is 6.00. The quantitative estimate of drug-likeness (QED) is 0.746. The predicted molar refractivity (Wildman–Crippen MR) is 98.1 cm³/mol. The Hall–Kier alpha value is -2.57. The third-order valence-corrected chi connectivity index (χ3v) is 5.39. The number of carboxylic acids is 1. The number of nitrogens with zero attached hydrogens (tertiary/aromatic N) is 1. The summed E-state index contributed by atoms with van der Waals surface area (Å²) in [5, 5.41) is 12.0. The lowest BCUT2D eigenvalue weighted by Gasteiger charge is -2.31. The number of nitrogens with one attached hydrogen (secondary N) is 1. The number of carboxylic acid groups (broad SMARTS) is 1. The molecule has 1 saturated carbocycles. The zero-order chi connectivity index (χ0) is 18.7. The number of benzene rings is 1. The lowest BCUT2D eigenvalue weighted by molar-refractivity contribution is -0.141. The topological polar surface area (TPSA) is 113 Å². The highest BCUT2D eigenvalue weighted by Gasteiger charge is 2.34. The van der Waals surface area contributed by atoms with Crippen molar-refractivity contribution in [2.75, 3.05) is 23.3 Å². The lowest BCUT2D eigenvalue weighted by Crippen LogP contribution is -2.31. The van der Waals surface area contributed by atoms with E-state index in [4.69, 9.17) is 10.8 Å². The number of anilines is 2. The smallest absolute Gasteiger partial charge is 0.306 e. The molecular formula is C19H25N3O4. The summed E-state index contributed by atoms with van der Waals surface area (Å²) in [6.45, 7) is 1.81. The first-order valence-electron chi connectivity index (χ1n) is 9.18. The second kappa shape index (κ2) is 7.76. The third-order valence-electron chi connectivity index (χ3n) is 5.39. The van der Waals surface area contributed by atoms with Crippen molar-refractivity contribution in [3.8, 4) is 0 Å². The summed E-state index contributed by atoms with van der Waals surface area (Å²) in [5.41, 5.74) is 7.19. The molecule has 7 heteroatoms. The molecule has 1 aromatic rings. The van der Waals surface area contributed by atoms with Crippen LogP contribution in [0.1, 0.15) is 48.9 Å². The fourth-order valence-electron chi connectivity index (χ4n) is 3.88. The van der Waals surface area contributed by atoms with Crippen molar-refractivity contribution in [2.24, 2.45) is 17.6 Å². The Morgan fingerprint density at radius 3 is 2.38 bits per heavy atom. The Morgan fingerprint density at radius 2 is 1.77 bits per heavy atom. The van der Waals surface area contributed by atoms with Crippen molar-refractivity contribution < 1.29 is 19.5 Å². The number of nitrogens with two attached hydrogens (primary N) is 1. The number of carbonyl (C=O) groups is 3. The molecule has 1 heterocycles. The molecule has 7 nitrogen and oxygen atoms in total. The van der Waals surface area contributed by atoms with Gasteiger partial charge in [0.25, 0.3) is 0 Å². The van der Waals surface area contributed by atoms with E-state index in [1.54, 1.807) is 12.1 Å². The van der Waals surface area contributed by atoms with Crippen molar-refractivity contribution in [3.05, 3.63) is 23.8 Å². The van der Waals surface area contributed by atoms with Crippen molar-refractivity contribution in [2.45, 2.75) is 38.5 Å². The molecule has 1 saturated heterocycles. The van der Waals surface area contributed by atoms with Gasteiger partial charge in [-0.1, -0.05) is 0 Å². The molecule has 2 fully saturated rings. The van der Waals surface area contributed by atoms with Crippen LogP contribution < -0.4 is 16.0 Å². The first-order chi connectivity index (χ1) is 12.5. The van der Waals surface area contributed by atoms with E-state index in [-0.39, 0.29) is 11.8 Å². The first-order valence-corrected chi connectivity index (χ1v) is 9.18. The van der Waals surface area contributed by atoms with Crippen LogP contribution in [0.2, 0.25) is 0 Å². The summed E-state index contributed by atoms with van der Waals surface area (Å²) in [5.74, 6) is -2.34. The molecule has 0 radical (unpaired) electrons. The number of aliphatic carboxylic acids is 1. The van der Waals surface area contributed by atoms with Crippen LogP contribution in [-0.4, -0.2) is 36.0 Å². The molecule has 0 spiro atoms. The van der Waals surface area contributed by atoms with Crippen LogP contribution in [0.25, 0.3) is 0 Å². The zero-order valence-electron chi connectivity index (χ0n) is 14.7. The molecular weight excluding hydrogens is 334 g/mol. The number of carbonyl (C=O) groups excluding carboxylic acids is 2. The second-order valence-corrected chi connectivity index (χ2v) is 7.18. The summed E-state index contributed by atoms with van der Waals surface area (Å²) in [6, 6.07) is 5.13. The van der Waals surface area contributed by atoms with Gasteiger partial charge in [-0.25, -0.2) is 0 Å². The van der Waals surface area contributed by atoms with Crippen LogP contribution in [0.15, 0.2) is 18.2 Å². The molecule has 2 atom stereocenters. The summed E-state index contributed by atoms with van der Waals surface area (Å²) in [4.78, 5) is 37.5. The molecule has 1 aliphatic carbocycles. The second-order valence-electron chi connectivity index (χ2n) is 7.18. The molecule has 1 aliphatic heterocycles. The van der Waals surface area contributed by atoms with Crippen molar-refractivity contribution >= 4 is 29.2 Å². The fourth-order valence-corrected chi connectivity index (χ4v) is 3.88. The van der Waals surface area contributed by atoms with Crippen molar-refractivity contribution in [3.63, 3.8) is 0 Å². The van der Waals surface area contributed by atoms with E-state index in [2.05, 4.69) is 10.2 Å². The van der Waals surface area contributed by atoms with Crippen LogP contribution in [0.3, 0.4) is 0 Å². The normalized spacial score (nSPS) is 22.8. The van der Waals surface area contributed by atoms with E-state index in [0.717, 1.165) is 31.6 Å². The van der Waals surface area contributed by atoms with Gasteiger partial charge in [0.05, 0.1) is 17.3 Å². The number of hydrogen-bond acceptors (Lipinski definition) is 4. The van der Waals surface area contributed by atoms with Gasteiger partial charge in [-0.2, -0.15) is 0 Å². The van der Waals surface area contributed by atoms with Crippen LogP contribution >= 0.6 is 0 Å². The molecule has 0 unspecified atom stereocenters. The van der Waals surface area contributed by atoms with Crippen molar-refractivity contribution in [1.29, 1.82) is 0 Å². The highest BCUT2D eigenvalue weighted by Crippen LogP contribution is 2.34. The Kier molecular flexibility index (Phi) is 5.44. The largest absolute Gasteiger partial charge is 0.481 e. The number of hydrogen-bond donors (Lipinski definition) is 3. The van der Waals surface area contributed by atoms with E-state index >= 15 is 0 Å². The maximum absolute atomic E-state index is 12.7. The number of piperidine rings is 1. The van der Waals surface area contributed by atoms with Crippen LogP contribution in [0.5, 0.6) is 0 Å². The zero-order valence-corrected chi connectivity index (χ0v) is 14.7. The van der Waals surface area contributed by atoms with Gasteiger partial charge < -0.3 is 21.1 Å². The Bertz CT molecular complexity index is 713. The van der Waals surface area contributed by atoms with Gasteiger partial charge in [0.1, 0.15) is 0 Å². The van der Waals surface area contributed by atoms with Crippen LogP contribution in [-0.2, 0) is 9.59 Å². The first kappa shape index (κ1) is 18.2. The SMILES string of the molecule is NC(=O)c1ccc(N2CCCCC2)c(NC(=O)[C@@H]2CC[C@H](C(=O)O)C2)c1. The maximum Gasteiger partial charge on any atom is 0.306 e. The molecule has 1 aromatic carbocycles. The van der Waals surface area contributed by atoms with Gasteiger partial charge >= 0.3 is 5.97 Å². The lowest BCUT2D eigenvalue weighted by atomic mass is 10.0. The Balaban J connectivity index is 1.80. The average Bonchev–Trinajstić information content (AvgIpc) is 3.13. The minimum absolute atomic E-state index is 0.186. The van der Waals surface area contributed by atoms with Gasteiger partial charge in [-0.3, -0.25) is 14.4 Å². The number of amides is 2. The minimum atomic E-state index is -0.843. The summed E-state index contributed by atoms with van der Waals surface area (Å²) < 4.78 is 0. The number of rotatable bonds is 5. The summed E-state index contributed by atoms with van der Waals surface area (Å²) >= 11 is 0. The van der Waals surface area contributed by atoms with E-state index in [1.165, 1.54) is 6.42 Å². The minimum Gasteiger partial charge on any atom is -0.481 e. The Morgan fingerprint density at radius 1 is 1.08 bits per heavy atom. The molecule has 0 aromatic heterocycles. The van der Waals surface area contributed by atoms with E-state index < -0.39 is 17.8 Å². The molecule has 26 heavy (non-hydrogen) atoms. The average molecular weight is 359 g/mol. The molecule has 0 bridgehead atoms. The Labute approximate surface area is 152 Å². The standard InChI is InChI=1S/C19H25N3O4/c20-17(23)12-6-7-16(22-8-2-1-3-9-22)15(11-12)21-18(24)13-4-5-14(10-13)19(25)26/h6-7,11,13-14H,1-5,8-10H2,(H2,20,23)(H,21,24)(H,25,26)/t13-,14+/m1/s1. The van der Waals surface area contributed by atoms with Crippen LogP contribution in [0, 0.1) is 11.8 Å². The van der Waals surface area contributed by atoms with Gasteiger partial charge in [0.15, 0.2) is 0 Å². The van der Waals surface area contributed by atoms with Gasteiger partial charge in [0, 0.05) is 24.6 Å². The molecule has 140 valence electrons. The third kappa shape index (κ3) is 3.98. The number of primary amides is 1. The summed E-state index contributed by atoms with van der Waals surface area (Å²) in [7, 11) is 0. The summed E-state index contributed by atoms with van der Waals surface area (Å²) in [6.07, 6.45) is 4.82. The predicted octanol–water partition coefficient (Wildman–Crippen LogP) is 2.22.